The van der Waals surface area contributed by atoms with Crippen molar-refractivity contribution in [2.75, 3.05) is 19.8 Å². The van der Waals surface area contributed by atoms with Gasteiger partial charge in [0.15, 0.2) is 20.5 Å². The molecule has 8 atom stereocenters. The molecule has 0 radical (unpaired) electrons. The van der Waals surface area contributed by atoms with Crippen LogP contribution in [-0.4, -0.2) is 72.7 Å². The number of halogens is 2. The zero-order chi connectivity index (χ0) is 48.9. The maximum absolute atomic E-state index is 14.0. The number of carbonyl (C=O) groups is 5. The van der Waals surface area contributed by atoms with Gasteiger partial charge in [0.25, 0.3) is 0 Å². The molecular formula is C58H65F2O10S+. The van der Waals surface area contributed by atoms with Crippen molar-refractivity contribution in [3.8, 4) is 0 Å². The van der Waals surface area contributed by atoms with Crippen LogP contribution in [0.4, 0.5) is 8.78 Å². The Kier molecular flexibility index (Phi) is 12.0. The fourth-order valence-electron chi connectivity index (χ4n) is 16.5. The summed E-state index contributed by atoms with van der Waals surface area (Å²) in [5, 5.41) is 0. The van der Waals surface area contributed by atoms with Crippen molar-refractivity contribution < 1.29 is 56.4 Å². The first-order valence-corrected chi connectivity index (χ1v) is 27.6. The molecule has 1 aliphatic heterocycles. The average molecular weight is 992 g/mol. The van der Waals surface area contributed by atoms with Crippen molar-refractivity contribution in [2.45, 2.75) is 141 Å². The van der Waals surface area contributed by atoms with E-state index in [-0.39, 0.29) is 84.1 Å². The Balaban J connectivity index is 0.000000228. The molecule has 13 aliphatic rings. The van der Waals surface area contributed by atoms with Crippen LogP contribution in [0.5, 0.6) is 0 Å². The average Bonchev–Trinajstić information content (AvgIpc) is 3.35. The van der Waals surface area contributed by atoms with Crippen molar-refractivity contribution >= 4 is 40.4 Å². The molecule has 1 heterocycles. The van der Waals surface area contributed by atoms with Crippen molar-refractivity contribution in [2.24, 2.45) is 70.0 Å². The minimum atomic E-state index is -3.59. The van der Waals surface area contributed by atoms with Crippen molar-refractivity contribution in [1.82, 2.24) is 0 Å². The van der Waals surface area contributed by atoms with E-state index < -0.39 is 46.1 Å². The first kappa shape index (κ1) is 47.5. The topological polar surface area (TPSA) is 132 Å². The highest BCUT2D eigenvalue weighted by molar-refractivity contribution is 7.97. The summed E-state index contributed by atoms with van der Waals surface area (Å²) in [5.74, 6) is -6.30. The molecule has 12 saturated carbocycles. The largest absolute Gasteiger partial charge is 0.465 e. The lowest BCUT2D eigenvalue weighted by Gasteiger charge is -2.65. The van der Waals surface area contributed by atoms with Crippen LogP contribution >= 0.6 is 0 Å². The Bertz CT molecular complexity index is 2400. The van der Waals surface area contributed by atoms with E-state index in [1.54, 1.807) is 0 Å². The summed E-state index contributed by atoms with van der Waals surface area (Å²) in [7, 11) is -0.0146. The number of hydrogen-bond donors (Lipinski definition) is 0. The third kappa shape index (κ3) is 8.49. The van der Waals surface area contributed by atoms with Gasteiger partial charge in [-0.3, -0.25) is 19.2 Å². The van der Waals surface area contributed by atoms with Gasteiger partial charge in [0.1, 0.15) is 29.9 Å². The Hall–Kier alpha value is -4.46. The van der Waals surface area contributed by atoms with E-state index in [0.717, 1.165) is 51.4 Å². The number of esters is 3. The zero-order valence-corrected chi connectivity index (χ0v) is 41.3. The molecule has 0 N–H and O–H groups in total. The second-order valence-electron chi connectivity index (χ2n) is 23.7. The maximum Gasteiger partial charge on any atom is 0.377 e. The molecule has 1 spiro atoms. The highest BCUT2D eigenvalue weighted by Gasteiger charge is 2.68. The minimum absolute atomic E-state index is 0.0146. The number of rotatable bonds is 11. The summed E-state index contributed by atoms with van der Waals surface area (Å²) in [5.41, 5.74) is -2.29. The molecule has 13 fully saturated rings. The Morgan fingerprint density at radius 2 is 1.01 bits per heavy atom. The summed E-state index contributed by atoms with van der Waals surface area (Å²) in [6.45, 7) is 0.717. The molecule has 1 saturated heterocycles. The summed E-state index contributed by atoms with van der Waals surface area (Å²) in [4.78, 5) is 70.0. The number of hydrogen-bond acceptors (Lipinski definition) is 10. The van der Waals surface area contributed by atoms with E-state index in [1.807, 2.05) is 0 Å². The fourth-order valence-corrected chi connectivity index (χ4v) is 18.6. The molecule has 13 heteroatoms. The van der Waals surface area contributed by atoms with Gasteiger partial charge in [0.2, 0.25) is 0 Å². The molecule has 8 unspecified atom stereocenters. The molecule has 0 amide bonds. The van der Waals surface area contributed by atoms with Crippen LogP contribution < -0.4 is 0 Å². The third-order valence-electron chi connectivity index (χ3n) is 18.9. The predicted octanol–water partition coefficient (Wildman–Crippen LogP) is 10.2. The second-order valence-corrected chi connectivity index (χ2v) is 25.8. The molecule has 376 valence electrons. The first-order valence-electron chi connectivity index (χ1n) is 26.4. The van der Waals surface area contributed by atoms with Crippen LogP contribution in [0.2, 0.25) is 0 Å². The number of alkyl halides is 2. The van der Waals surface area contributed by atoms with Gasteiger partial charge in [-0.25, -0.2) is 4.79 Å². The summed E-state index contributed by atoms with van der Waals surface area (Å²) >= 11 is 0. The molecule has 12 aliphatic carbocycles. The SMILES string of the molecule is CC(F)(F)C(=O)OC12CC3CC(C1)C1(OCC(COC(=O)C45CC6CC(C4)C(=O)C(C6)C5)C(COC(=O)C45CC6CC(C4)C(=O)C(C6)C5)O1)C(C3)C2.c1ccc([S+](c2ccccc2)c2ccccc2)cc1. The number of Topliss-reactive ketones (excluding diaryl/α,β-unsaturated/α-hetero) is 2. The number of ether oxygens (including phenoxy) is 5. The lowest BCUT2D eigenvalue weighted by Crippen LogP contribution is -2.70. The van der Waals surface area contributed by atoms with Gasteiger partial charge in [-0.15, -0.1) is 0 Å². The fraction of sp³-hybridized carbons (Fsp3) is 0.603. The highest BCUT2D eigenvalue weighted by Crippen LogP contribution is 2.65. The predicted molar refractivity (Wildman–Crippen MR) is 255 cm³/mol. The van der Waals surface area contributed by atoms with Crippen LogP contribution in [0.15, 0.2) is 106 Å². The lowest BCUT2D eigenvalue weighted by molar-refractivity contribution is -0.402. The number of carbonyl (C=O) groups excluding carboxylic acids is 5. The monoisotopic (exact) mass is 991 g/mol. The number of ketones is 2. The Morgan fingerprint density at radius 1 is 0.592 bits per heavy atom. The Labute approximate surface area is 417 Å². The maximum atomic E-state index is 14.0. The van der Waals surface area contributed by atoms with E-state index in [0.29, 0.717) is 75.3 Å². The molecule has 12 bridgehead atoms. The summed E-state index contributed by atoms with van der Waals surface area (Å²) < 4.78 is 59.5. The van der Waals surface area contributed by atoms with Gasteiger partial charge >= 0.3 is 23.8 Å². The van der Waals surface area contributed by atoms with Crippen molar-refractivity contribution in [3.63, 3.8) is 0 Å². The van der Waals surface area contributed by atoms with Gasteiger partial charge in [-0.05, 0) is 150 Å². The molecule has 3 aromatic carbocycles. The first-order chi connectivity index (χ1) is 34.1. The lowest BCUT2D eigenvalue weighted by atomic mass is 9.49. The molecule has 10 nitrogen and oxygen atoms in total. The zero-order valence-electron chi connectivity index (χ0n) is 40.5. The molecular weight excluding hydrogens is 927 g/mol. The van der Waals surface area contributed by atoms with Crippen LogP contribution in [-0.2, 0) is 58.6 Å². The molecule has 71 heavy (non-hydrogen) atoms. The van der Waals surface area contributed by atoms with E-state index in [4.69, 9.17) is 23.7 Å². The standard InChI is InChI=1S/C40H50F2O10.C18H15S/c1-36(41,42)33(45)52-39-10-22-6-28(15-39)40(29(7-22)16-39)50-18-27(17-48-34(46)37-8-20-2-23(11-37)31(43)24(3-20)12-37)30(51-40)19-49-35(47)38-9-21-4-25(13-38)32(44)26(5-21)14-38;1-4-10-16(11-5-1)19(17-12-6-2-7-13-17)18-14-8-3-9-15-18/h20-30H,2-19H2,1H3;1-15H/q;+1. The van der Waals surface area contributed by atoms with E-state index in [1.165, 1.54) is 14.7 Å². The molecule has 0 aromatic heterocycles. The molecule has 16 rings (SSSR count). The van der Waals surface area contributed by atoms with E-state index in [2.05, 4.69) is 91.0 Å². The quantitative estimate of drug-likeness (QED) is 0.104. The van der Waals surface area contributed by atoms with Gasteiger partial charge in [-0.1, -0.05) is 54.6 Å². The smallest absolute Gasteiger partial charge is 0.377 e. The normalized spacial score (nSPS) is 39.9. The van der Waals surface area contributed by atoms with Gasteiger partial charge in [0.05, 0.1) is 34.9 Å². The van der Waals surface area contributed by atoms with Crippen molar-refractivity contribution in [3.05, 3.63) is 91.0 Å². The van der Waals surface area contributed by atoms with Gasteiger partial charge in [0, 0.05) is 48.3 Å². The van der Waals surface area contributed by atoms with Crippen molar-refractivity contribution in [1.29, 1.82) is 0 Å². The van der Waals surface area contributed by atoms with Crippen LogP contribution in [0.25, 0.3) is 0 Å². The van der Waals surface area contributed by atoms with Crippen LogP contribution in [0.1, 0.15) is 103 Å². The Morgan fingerprint density at radius 3 is 1.45 bits per heavy atom. The van der Waals surface area contributed by atoms with E-state index >= 15 is 0 Å². The van der Waals surface area contributed by atoms with Crippen LogP contribution in [0, 0.1) is 70.0 Å². The second kappa shape index (κ2) is 17.9. The minimum Gasteiger partial charge on any atom is -0.465 e. The van der Waals surface area contributed by atoms with Crippen LogP contribution in [0.3, 0.4) is 0 Å². The summed E-state index contributed by atoms with van der Waals surface area (Å²) in [6, 6.07) is 32.2. The van der Waals surface area contributed by atoms with E-state index in [9.17, 15) is 32.8 Å². The molecule has 3 aromatic rings. The summed E-state index contributed by atoms with van der Waals surface area (Å²) in [6.07, 6.45) is 9.19. The highest BCUT2D eigenvalue weighted by atomic mass is 32.2. The van der Waals surface area contributed by atoms with Gasteiger partial charge < -0.3 is 23.7 Å². The number of benzene rings is 3. The van der Waals surface area contributed by atoms with Gasteiger partial charge in [-0.2, -0.15) is 8.78 Å². The third-order valence-corrected chi connectivity index (χ3v) is 21.2.